The highest BCUT2D eigenvalue weighted by atomic mass is 35.5. The fourth-order valence-electron chi connectivity index (χ4n) is 1.86. The number of para-hydroxylation sites is 1. The minimum Gasteiger partial charge on any atom is -0.326 e. The number of amides is 1. The van der Waals surface area contributed by atoms with E-state index in [-0.39, 0.29) is 33.8 Å². The zero-order chi connectivity index (χ0) is 16.9. The molecule has 0 bridgehead atoms. The molecule has 0 aromatic heterocycles. The van der Waals surface area contributed by atoms with E-state index in [9.17, 15) is 13.2 Å². The molecule has 2 N–H and O–H groups in total. The largest absolute Gasteiger partial charge is 0.326 e. The molecule has 0 aliphatic heterocycles. The van der Waals surface area contributed by atoms with Crippen LogP contribution < -0.4 is 10.0 Å². The first-order valence-corrected chi connectivity index (χ1v) is 8.92. The minimum absolute atomic E-state index is 0.0177. The van der Waals surface area contributed by atoms with Gasteiger partial charge >= 0.3 is 0 Å². The summed E-state index contributed by atoms with van der Waals surface area (Å²) in [6.07, 6.45) is -0.0177. The van der Waals surface area contributed by atoms with Gasteiger partial charge in [0.2, 0.25) is 15.9 Å². The molecule has 0 radical (unpaired) electrons. The summed E-state index contributed by atoms with van der Waals surface area (Å²) in [6.45, 7) is -0.0669. The van der Waals surface area contributed by atoms with Crippen LogP contribution in [0.15, 0.2) is 53.4 Å². The summed E-state index contributed by atoms with van der Waals surface area (Å²) in [4.78, 5) is 11.6. The summed E-state index contributed by atoms with van der Waals surface area (Å²) in [6, 6.07) is 13.3. The smallest absolute Gasteiger partial charge is 0.243 e. The van der Waals surface area contributed by atoms with Crippen LogP contribution in [0.3, 0.4) is 0 Å². The maximum absolute atomic E-state index is 12.2. The van der Waals surface area contributed by atoms with Crippen molar-refractivity contribution in [1.29, 1.82) is 0 Å². The lowest BCUT2D eigenvalue weighted by molar-refractivity contribution is -0.116. The van der Waals surface area contributed by atoms with Gasteiger partial charge in [-0.25, -0.2) is 13.1 Å². The van der Waals surface area contributed by atoms with Crippen molar-refractivity contribution in [2.45, 2.75) is 11.3 Å². The molecule has 122 valence electrons. The molecule has 0 aliphatic carbocycles. The standard InChI is InChI=1S/C15H14Cl2N2O3S/c16-12-7-4-8-13(17)15(12)23(21,22)18-10-9-14(20)19-11-5-2-1-3-6-11/h1-8,18H,9-10H2,(H,19,20). The molecule has 2 aromatic carbocycles. The first-order chi connectivity index (χ1) is 10.9. The number of sulfonamides is 1. The Morgan fingerprint density at radius 3 is 2.17 bits per heavy atom. The summed E-state index contributed by atoms with van der Waals surface area (Å²) in [5, 5.41) is 2.72. The van der Waals surface area contributed by atoms with Crippen molar-refractivity contribution in [1.82, 2.24) is 4.72 Å². The summed E-state index contributed by atoms with van der Waals surface area (Å²) in [5.41, 5.74) is 0.648. The first kappa shape index (κ1) is 17.7. The lowest BCUT2D eigenvalue weighted by Gasteiger charge is -2.10. The highest BCUT2D eigenvalue weighted by Crippen LogP contribution is 2.28. The zero-order valence-corrected chi connectivity index (χ0v) is 14.3. The van der Waals surface area contributed by atoms with E-state index in [4.69, 9.17) is 23.2 Å². The van der Waals surface area contributed by atoms with Gasteiger partial charge in [-0.3, -0.25) is 4.79 Å². The van der Waals surface area contributed by atoms with E-state index in [0.717, 1.165) is 0 Å². The molecule has 0 fully saturated rings. The second kappa shape index (κ2) is 7.79. The summed E-state index contributed by atoms with van der Waals surface area (Å²) in [5.74, 6) is -0.302. The molecule has 2 rings (SSSR count). The molecule has 0 saturated carbocycles. The Morgan fingerprint density at radius 2 is 1.57 bits per heavy atom. The number of hydrogen-bond acceptors (Lipinski definition) is 3. The quantitative estimate of drug-likeness (QED) is 0.816. The molecule has 0 spiro atoms. The van der Waals surface area contributed by atoms with Crippen LogP contribution in [0.5, 0.6) is 0 Å². The Hall–Kier alpha value is -1.60. The SMILES string of the molecule is O=C(CCNS(=O)(=O)c1c(Cl)cccc1Cl)Nc1ccccc1. The van der Waals surface area contributed by atoms with E-state index in [1.165, 1.54) is 12.1 Å². The van der Waals surface area contributed by atoms with Gasteiger partial charge in [0.1, 0.15) is 4.90 Å². The van der Waals surface area contributed by atoms with Gasteiger partial charge in [0, 0.05) is 18.7 Å². The molecule has 1 amide bonds. The van der Waals surface area contributed by atoms with Crippen LogP contribution >= 0.6 is 23.2 Å². The van der Waals surface area contributed by atoms with Crippen molar-refractivity contribution in [2.24, 2.45) is 0 Å². The topological polar surface area (TPSA) is 75.3 Å². The molecule has 23 heavy (non-hydrogen) atoms. The Labute approximate surface area is 144 Å². The molecule has 8 heteroatoms. The van der Waals surface area contributed by atoms with Crippen LogP contribution in [-0.4, -0.2) is 20.9 Å². The van der Waals surface area contributed by atoms with Gasteiger partial charge in [-0.2, -0.15) is 0 Å². The molecule has 0 heterocycles. The van der Waals surface area contributed by atoms with Crippen LogP contribution in [0.1, 0.15) is 6.42 Å². The number of carbonyl (C=O) groups is 1. The molecule has 0 saturated heterocycles. The predicted octanol–water partition coefficient (Wildman–Crippen LogP) is 3.30. The number of rotatable bonds is 6. The zero-order valence-electron chi connectivity index (χ0n) is 11.9. The highest BCUT2D eigenvalue weighted by Gasteiger charge is 2.21. The molecular weight excluding hydrogens is 359 g/mol. The fraction of sp³-hybridized carbons (Fsp3) is 0.133. The van der Waals surface area contributed by atoms with E-state index in [2.05, 4.69) is 10.0 Å². The molecule has 0 aliphatic rings. The Balaban J connectivity index is 1.94. The van der Waals surface area contributed by atoms with Crippen molar-refractivity contribution < 1.29 is 13.2 Å². The molecule has 0 atom stereocenters. The summed E-state index contributed by atoms with van der Waals surface area (Å²) >= 11 is 11.8. The van der Waals surface area contributed by atoms with E-state index < -0.39 is 10.0 Å². The number of halogens is 2. The van der Waals surface area contributed by atoms with Crippen molar-refractivity contribution >= 4 is 44.8 Å². The minimum atomic E-state index is -3.88. The van der Waals surface area contributed by atoms with Gasteiger partial charge < -0.3 is 5.32 Å². The lowest BCUT2D eigenvalue weighted by Crippen LogP contribution is -2.28. The second-order valence-corrected chi connectivity index (χ2v) is 7.13. The number of carbonyl (C=O) groups excluding carboxylic acids is 1. The number of benzene rings is 2. The Kier molecular flexibility index (Phi) is 6.01. The maximum Gasteiger partial charge on any atom is 0.243 e. The van der Waals surface area contributed by atoms with Crippen LogP contribution in [0, 0.1) is 0 Å². The van der Waals surface area contributed by atoms with E-state index in [1.54, 1.807) is 30.3 Å². The van der Waals surface area contributed by atoms with E-state index in [1.807, 2.05) is 6.07 Å². The third kappa shape index (κ3) is 4.94. The van der Waals surface area contributed by atoms with Gasteiger partial charge in [0.05, 0.1) is 10.0 Å². The predicted molar refractivity (Wildman–Crippen MR) is 91.3 cm³/mol. The van der Waals surface area contributed by atoms with Crippen LogP contribution in [0.25, 0.3) is 0 Å². The number of nitrogens with one attached hydrogen (secondary N) is 2. The van der Waals surface area contributed by atoms with Gasteiger partial charge in [0.15, 0.2) is 0 Å². The van der Waals surface area contributed by atoms with Crippen LogP contribution in [-0.2, 0) is 14.8 Å². The third-order valence-corrected chi connectivity index (χ3v) is 5.30. The average Bonchev–Trinajstić information content (AvgIpc) is 2.47. The monoisotopic (exact) mass is 372 g/mol. The van der Waals surface area contributed by atoms with Crippen molar-refractivity contribution in [3.63, 3.8) is 0 Å². The van der Waals surface area contributed by atoms with Gasteiger partial charge in [0.25, 0.3) is 0 Å². The molecule has 2 aromatic rings. The molecular formula is C15H14Cl2N2O3S. The lowest BCUT2D eigenvalue weighted by atomic mass is 10.3. The number of anilines is 1. The van der Waals surface area contributed by atoms with Crippen molar-refractivity contribution in [2.75, 3.05) is 11.9 Å². The highest BCUT2D eigenvalue weighted by molar-refractivity contribution is 7.89. The first-order valence-electron chi connectivity index (χ1n) is 6.69. The third-order valence-electron chi connectivity index (χ3n) is 2.89. The summed E-state index contributed by atoms with van der Waals surface area (Å²) < 4.78 is 26.7. The molecule has 0 unspecified atom stereocenters. The van der Waals surface area contributed by atoms with Crippen molar-refractivity contribution in [3.05, 3.63) is 58.6 Å². The fourth-order valence-corrected chi connectivity index (χ4v) is 4.03. The normalized spacial score (nSPS) is 11.2. The van der Waals surface area contributed by atoms with Gasteiger partial charge in [-0.1, -0.05) is 47.5 Å². The Morgan fingerprint density at radius 1 is 0.957 bits per heavy atom. The maximum atomic E-state index is 12.2. The van der Waals surface area contributed by atoms with Crippen LogP contribution in [0.2, 0.25) is 10.0 Å². The van der Waals surface area contributed by atoms with E-state index in [0.29, 0.717) is 5.69 Å². The van der Waals surface area contributed by atoms with Crippen LogP contribution in [0.4, 0.5) is 5.69 Å². The number of hydrogen-bond donors (Lipinski definition) is 2. The average molecular weight is 373 g/mol. The van der Waals surface area contributed by atoms with E-state index >= 15 is 0 Å². The molecule has 5 nitrogen and oxygen atoms in total. The van der Waals surface area contributed by atoms with Crippen molar-refractivity contribution in [3.8, 4) is 0 Å². The van der Waals surface area contributed by atoms with Gasteiger partial charge in [-0.05, 0) is 24.3 Å². The van der Waals surface area contributed by atoms with Gasteiger partial charge in [-0.15, -0.1) is 0 Å². The summed E-state index contributed by atoms with van der Waals surface area (Å²) in [7, 11) is -3.88. The Bertz CT molecular complexity index is 775. The second-order valence-electron chi connectivity index (χ2n) is 4.61.